The fourth-order valence-corrected chi connectivity index (χ4v) is 2.18. The molecule has 0 rings (SSSR count). The Labute approximate surface area is 112 Å². The molecule has 0 aromatic rings. The molecule has 0 heterocycles. The van der Waals surface area contributed by atoms with Gasteiger partial charge in [-0.1, -0.05) is 71.3 Å². The normalized spacial score (nSPS) is 13.6. The Hall–Kier alpha value is -0.790. The first-order chi connectivity index (χ1) is 8.57. The fraction of sp³-hybridized carbons (Fsp3) is 0.812. The van der Waals surface area contributed by atoms with Crippen LogP contribution in [0.25, 0.3) is 0 Å². The number of carboxylic acid groups (broad SMARTS) is 1. The average Bonchev–Trinajstić information content (AvgIpc) is 2.32. The van der Waals surface area contributed by atoms with Gasteiger partial charge in [-0.05, 0) is 19.3 Å². The van der Waals surface area contributed by atoms with Crippen molar-refractivity contribution in [1.82, 2.24) is 0 Å². The lowest BCUT2D eigenvalue weighted by molar-refractivity contribution is -0.132. The number of hydrogen-bond acceptors (Lipinski definition) is 1. The molecule has 0 aromatic heterocycles. The molecule has 1 N–H and O–H groups in total. The molecular weight excluding hydrogens is 224 g/mol. The number of hydrogen-bond donors (Lipinski definition) is 1. The van der Waals surface area contributed by atoms with Gasteiger partial charge in [0.15, 0.2) is 0 Å². The molecule has 0 saturated carbocycles. The summed E-state index contributed by atoms with van der Waals surface area (Å²) in [6.07, 6.45) is 13.6. The van der Waals surface area contributed by atoms with Gasteiger partial charge in [-0.25, -0.2) is 4.79 Å². The molecule has 18 heavy (non-hydrogen) atoms. The zero-order valence-corrected chi connectivity index (χ0v) is 12.4. The highest BCUT2D eigenvalue weighted by molar-refractivity contribution is 5.85. The number of rotatable bonds is 11. The zero-order valence-electron chi connectivity index (χ0n) is 12.4. The van der Waals surface area contributed by atoms with E-state index in [9.17, 15) is 4.79 Å². The summed E-state index contributed by atoms with van der Waals surface area (Å²) in [4.78, 5) is 10.7. The van der Waals surface area contributed by atoms with Gasteiger partial charge in [0.2, 0.25) is 0 Å². The van der Waals surface area contributed by atoms with Crippen molar-refractivity contribution >= 4 is 5.97 Å². The van der Waals surface area contributed by atoms with E-state index in [1.807, 2.05) is 6.08 Å². The van der Waals surface area contributed by atoms with Crippen LogP contribution in [0, 0.1) is 5.92 Å². The van der Waals surface area contributed by atoms with E-state index in [0.717, 1.165) is 6.42 Å². The molecule has 2 nitrogen and oxygen atoms in total. The molecule has 0 bridgehead atoms. The highest BCUT2D eigenvalue weighted by atomic mass is 16.4. The maximum absolute atomic E-state index is 10.7. The van der Waals surface area contributed by atoms with Crippen LogP contribution in [-0.4, -0.2) is 11.1 Å². The molecule has 106 valence electrons. The van der Waals surface area contributed by atoms with E-state index >= 15 is 0 Å². The zero-order chi connectivity index (χ0) is 13.8. The standard InChI is InChI=1S/C16H30O2/c1-4-5-6-7-8-9-10-11-12-14(2)13-15(3)16(17)18/h13-14H,4-12H2,1-3H3,(H,17,18). The molecule has 1 atom stereocenters. The van der Waals surface area contributed by atoms with Crippen molar-refractivity contribution in [2.75, 3.05) is 0 Å². The minimum absolute atomic E-state index is 0.390. The van der Waals surface area contributed by atoms with E-state index < -0.39 is 5.97 Å². The molecule has 0 radical (unpaired) electrons. The molecule has 0 saturated heterocycles. The first-order valence-corrected chi connectivity index (χ1v) is 7.49. The van der Waals surface area contributed by atoms with Gasteiger partial charge in [0.25, 0.3) is 0 Å². The number of aliphatic carboxylic acids is 1. The molecule has 2 heteroatoms. The van der Waals surface area contributed by atoms with Crippen molar-refractivity contribution in [2.45, 2.75) is 78.6 Å². The van der Waals surface area contributed by atoms with Crippen LogP contribution >= 0.6 is 0 Å². The molecule has 0 aliphatic rings. The Morgan fingerprint density at radius 1 is 1.06 bits per heavy atom. The number of unbranched alkanes of at least 4 members (excludes halogenated alkanes) is 7. The van der Waals surface area contributed by atoms with Crippen molar-refractivity contribution in [1.29, 1.82) is 0 Å². The average molecular weight is 254 g/mol. The summed E-state index contributed by atoms with van der Waals surface area (Å²) in [5, 5.41) is 8.77. The summed E-state index contributed by atoms with van der Waals surface area (Å²) in [6.45, 7) is 6.02. The molecule has 0 spiro atoms. The second-order valence-corrected chi connectivity index (χ2v) is 5.40. The lowest BCUT2D eigenvalue weighted by atomic mass is 9.99. The van der Waals surface area contributed by atoms with Gasteiger partial charge in [0.1, 0.15) is 0 Å². The Morgan fingerprint density at radius 3 is 2.06 bits per heavy atom. The summed E-state index contributed by atoms with van der Waals surface area (Å²) in [6, 6.07) is 0. The van der Waals surface area contributed by atoms with Crippen LogP contribution in [0.3, 0.4) is 0 Å². The van der Waals surface area contributed by atoms with E-state index in [0.29, 0.717) is 11.5 Å². The maximum atomic E-state index is 10.7. The number of allylic oxidation sites excluding steroid dienone is 1. The van der Waals surface area contributed by atoms with E-state index in [-0.39, 0.29) is 0 Å². The largest absolute Gasteiger partial charge is 0.478 e. The van der Waals surface area contributed by atoms with Crippen LogP contribution in [0.1, 0.15) is 78.6 Å². The van der Waals surface area contributed by atoms with E-state index in [2.05, 4.69) is 13.8 Å². The summed E-state index contributed by atoms with van der Waals surface area (Å²) < 4.78 is 0. The Bertz CT molecular complexity index is 243. The van der Waals surface area contributed by atoms with Crippen LogP contribution < -0.4 is 0 Å². The second kappa shape index (κ2) is 11.3. The van der Waals surface area contributed by atoms with Crippen LogP contribution in [-0.2, 0) is 4.79 Å². The van der Waals surface area contributed by atoms with Gasteiger partial charge >= 0.3 is 5.97 Å². The SMILES string of the molecule is CCCCCCCCCCC(C)C=C(C)C(=O)O. The third-order valence-electron chi connectivity index (χ3n) is 3.38. The minimum atomic E-state index is -0.794. The van der Waals surface area contributed by atoms with Crippen molar-refractivity contribution < 1.29 is 9.90 Å². The monoisotopic (exact) mass is 254 g/mol. The Balaban J connectivity index is 3.43. The van der Waals surface area contributed by atoms with E-state index in [1.165, 1.54) is 51.4 Å². The van der Waals surface area contributed by atoms with Crippen LogP contribution in [0.4, 0.5) is 0 Å². The predicted molar refractivity (Wildman–Crippen MR) is 77.8 cm³/mol. The third kappa shape index (κ3) is 10.4. The van der Waals surface area contributed by atoms with Crippen molar-refractivity contribution in [2.24, 2.45) is 5.92 Å². The van der Waals surface area contributed by atoms with Crippen molar-refractivity contribution in [3.8, 4) is 0 Å². The summed E-state index contributed by atoms with van der Waals surface area (Å²) >= 11 is 0. The summed E-state index contributed by atoms with van der Waals surface area (Å²) in [7, 11) is 0. The molecule has 0 aromatic carbocycles. The van der Waals surface area contributed by atoms with Gasteiger partial charge in [-0.2, -0.15) is 0 Å². The smallest absolute Gasteiger partial charge is 0.330 e. The van der Waals surface area contributed by atoms with E-state index in [4.69, 9.17) is 5.11 Å². The summed E-state index contributed by atoms with van der Waals surface area (Å²) in [5.74, 6) is -0.404. The van der Waals surface area contributed by atoms with Gasteiger partial charge in [-0.3, -0.25) is 0 Å². The van der Waals surface area contributed by atoms with E-state index in [1.54, 1.807) is 6.92 Å². The lowest BCUT2D eigenvalue weighted by Crippen LogP contribution is -1.99. The molecule has 0 amide bonds. The molecule has 0 aliphatic heterocycles. The predicted octanol–water partition coefficient (Wildman–Crippen LogP) is 5.18. The quantitative estimate of drug-likeness (QED) is 0.407. The van der Waals surface area contributed by atoms with Gasteiger partial charge in [0, 0.05) is 5.57 Å². The Kier molecular flexibility index (Phi) is 10.8. The highest BCUT2D eigenvalue weighted by Gasteiger charge is 2.03. The van der Waals surface area contributed by atoms with Gasteiger partial charge in [0.05, 0.1) is 0 Å². The topological polar surface area (TPSA) is 37.3 Å². The first kappa shape index (κ1) is 17.2. The molecular formula is C16H30O2. The minimum Gasteiger partial charge on any atom is -0.478 e. The molecule has 0 aliphatic carbocycles. The molecule has 0 fully saturated rings. The maximum Gasteiger partial charge on any atom is 0.330 e. The van der Waals surface area contributed by atoms with Crippen LogP contribution in [0.2, 0.25) is 0 Å². The number of carboxylic acids is 1. The third-order valence-corrected chi connectivity index (χ3v) is 3.38. The van der Waals surface area contributed by atoms with Crippen LogP contribution in [0.15, 0.2) is 11.6 Å². The summed E-state index contributed by atoms with van der Waals surface area (Å²) in [5.41, 5.74) is 0.474. The second-order valence-electron chi connectivity index (χ2n) is 5.40. The van der Waals surface area contributed by atoms with Crippen LogP contribution in [0.5, 0.6) is 0 Å². The number of carbonyl (C=O) groups is 1. The van der Waals surface area contributed by atoms with Gasteiger partial charge < -0.3 is 5.11 Å². The van der Waals surface area contributed by atoms with Gasteiger partial charge in [-0.15, -0.1) is 0 Å². The fourth-order valence-electron chi connectivity index (χ4n) is 2.18. The van der Waals surface area contributed by atoms with Crippen molar-refractivity contribution in [3.05, 3.63) is 11.6 Å². The van der Waals surface area contributed by atoms with Crippen molar-refractivity contribution in [3.63, 3.8) is 0 Å². The lowest BCUT2D eigenvalue weighted by Gasteiger charge is -2.07. The highest BCUT2D eigenvalue weighted by Crippen LogP contribution is 2.15. The Morgan fingerprint density at radius 2 is 1.56 bits per heavy atom. The first-order valence-electron chi connectivity index (χ1n) is 7.49. The molecule has 1 unspecified atom stereocenters.